The summed E-state index contributed by atoms with van der Waals surface area (Å²) in [6, 6.07) is 18.1. The molecule has 0 amide bonds. The minimum atomic E-state index is 0.688. The van der Waals surface area contributed by atoms with E-state index in [0.717, 1.165) is 31.3 Å². The van der Waals surface area contributed by atoms with E-state index in [0.29, 0.717) is 6.61 Å². The molecule has 0 unspecified atom stereocenters. The van der Waals surface area contributed by atoms with Gasteiger partial charge >= 0.3 is 0 Å². The van der Waals surface area contributed by atoms with Crippen molar-refractivity contribution in [3.05, 3.63) is 84.5 Å². The zero-order chi connectivity index (χ0) is 21.0. The Morgan fingerprint density at radius 1 is 0.900 bits per heavy atom. The molecule has 0 aromatic heterocycles. The lowest BCUT2D eigenvalue weighted by atomic mass is 9.77. The summed E-state index contributed by atoms with van der Waals surface area (Å²) in [5, 5.41) is 0. The van der Waals surface area contributed by atoms with Crippen molar-refractivity contribution in [3.8, 4) is 11.1 Å². The fourth-order valence-corrected chi connectivity index (χ4v) is 4.54. The van der Waals surface area contributed by atoms with E-state index >= 15 is 0 Å². The summed E-state index contributed by atoms with van der Waals surface area (Å²) in [6.45, 7) is 7.35. The van der Waals surface area contributed by atoms with E-state index in [-0.39, 0.29) is 0 Å². The highest BCUT2D eigenvalue weighted by Gasteiger charge is 2.21. The minimum absolute atomic E-state index is 0.688. The van der Waals surface area contributed by atoms with Crippen molar-refractivity contribution in [1.82, 2.24) is 0 Å². The van der Waals surface area contributed by atoms with Gasteiger partial charge in [0.25, 0.3) is 0 Å². The van der Waals surface area contributed by atoms with E-state index in [4.69, 9.17) is 4.74 Å². The summed E-state index contributed by atoms with van der Waals surface area (Å²) in [4.78, 5) is 0. The normalized spacial score (nSPS) is 19.2. The summed E-state index contributed by atoms with van der Waals surface area (Å²) >= 11 is 0. The molecule has 1 fully saturated rings. The van der Waals surface area contributed by atoms with Crippen LogP contribution in [0.15, 0.2) is 73.3 Å². The van der Waals surface area contributed by atoms with Gasteiger partial charge in [0.2, 0.25) is 0 Å². The molecule has 0 aliphatic heterocycles. The van der Waals surface area contributed by atoms with E-state index < -0.39 is 0 Å². The lowest BCUT2D eigenvalue weighted by Crippen LogP contribution is -2.13. The topological polar surface area (TPSA) is 9.23 Å². The van der Waals surface area contributed by atoms with Crippen LogP contribution in [-0.4, -0.2) is 6.61 Å². The van der Waals surface area contributed by atoms with Crippen molar-refractivity contribution in [2.24, 2.45) is 5.92 Å². The Bertz CT molecular complexity index is 761. The highest BCUT2D eigenvalue weighted by Crippen LogP contribution is 2.38. The first-order valence-electron chi connectivity index (χ1n) is 11.8. The maximum Gasteiger partial charge on any atom is 0.0716 e. The summed E-state index contributed by atoms with van der Waals surface area (Å²) in [7, 11) is 0. The van der Waals surface area contributed by atoms with Gasteiger partial charge in [-0.1, -0.05) is 66.8 Å². The number of rotatable bonds is 11. The van der Waals surface area contributed by atoms with Crippen LogP contribution in [0.5, 0.6) is 0 Å². The van der Waals surface area contributed by atoms with Crippen molar-refractivity contribution in [2.45, 2.75) is 70.8 Å². The molecule has 1 aliphatic rings. The third-order valence-electron chi connectivity index (χ3n) is 6.46. The molecule has 0 radical (unpaired) electrons. The van der Waals surface area contributed by atoms with Gasteiger partial charge in [0.05, 0.1) is 6.61 Å². The standard InChI is InChI=1S/C29H38O/c1-3-5-7-9-24-10-14-26(15-11-24)28-18-20-29(21-19-28)27-16-12-25(13-17-27)23-30-22-8-6-4-2/h3-5,12-13,16-21,24,26H,2,6-11,14-15,22-23H2,1H3/t24-,26-. The van der Waals surface area contributed by atoms with Crippen LogP contribution in [0.2, 0.25) is 0 Å². The summed E-state index contributed by atoms with van der Waals surface area (Å²) in [5.74, 6) is 1.68. The number of allylic oxidation sites excluding steroid dienone is 3. The van der Waals surface area contributed by atoms with Gasteiger partial charge in [0, 0.05) is 6.61 Å². The SMILES string of the molecule is C=CCCCOCc1ccc(-c2ccc([C@H]3CC[C@H](CCC=CC)CC3)cc2)cc1. The minimum Gasteiger partial charge on any atom is -0.377 e. The van der Waals surface area contributed by atoms with Crippen LogP contribution in [0.1, 0.15) is 75.3 Å². The molecule has 30 heavy (non-hydrogen) atoms. The molecule has 0 bridgehead atoms. The molecule has 1 aliphatic carbocycles. The third-order valence-corrected chi connectivity index (χ3v) is 6.46. The van der Waals surface area contributed by atoms with Crippen LogP contribution in [0.3, 0.4) is 0 Å². The maximum atomic E-state index is 5.73. The molecular weight excluding hydrogens is 364 g/mol. The molecule has 3 rings (SSSR count). The average Bonchev–Trinajstić information content (AvgIpc) is 2.80. The highest BCUT2D eigenvalue weighted by molar-refractivity contribution is 5.64. The number of benzene rings is 2. The van der Waals surface area contributed by atoms with Crippen molar-refractivity contribution in [2.75, 3.05) is 6.61 Å². The van der Waals surface area contributed by atoms with E-state index in [2.05, 4.69) is 74.2 Å². The van der Waals surface area contributed by atoms with Gasteiger partial charge in [0.15, 0.2) is 0 Å². The van der Waals surface area contributed by atoms with E-state index in [1.165, 1.54) is 60.8 Å². The summed E-state index contributed by atoms with van der Waals surface area (Å²) < 4.78 is 5.73. The van der Waals surface area contributed by atoms with Gasteiger partial charge in [-0.15, -0.1) is 6.58 Å². The van der Waals surface area contributed by atoms with Crippen molar-refractivity contribution < 1.29 is 4.74 Å². The van der Waals surface area contributed by atoms with Crippen LogP contribution < -0.4 is 0 Å². The van der Waals surface area contributed by atoms with Crippen molar-refractivity contribution in [1.29, 1.82) is 0 Å². The van der Waals surface area contributed by atoms with Crippen LogP contribution in [0, 0.1) is 5.92 Å². The molecular formula is C29H38O. The van der Waals surface area contributed by atoms with Crippen LogP contribution >= 0.6 is 0 Å². The lowest BCUT2D eigenvalue weighted by Gasteiger charge is -2.28. The predicted molar refractivity (Wildman–Crippen MR) is 130 cm³/mol. The van der Waals surface area contributed by atoms with Gasteiger partial charge < -0.3 is 4.74 Å². The Morgan fingerprint density at radius 2 is 1.57 bits per heavy atom. The molecule has 0 atom stereocenters. The van der Waals surface area contributed by atoms with Crippen LogP contribution in [0.25, 0.3) is 11.1 Å². The Kier molecular flexibility index (Phi) is 9.44. The molecule has 0 spiro atoms. The molecule has 0 heterocycles. The van der Waals surface area contributed by atoms with E-state index in [9.17, 15) is 0 Å². The monoisotopic (exact) mass is 402 g/mol. The fraction of sp³-hybridized carbons (Fsp3) is 0.448. The van der Waals surface area contributed by atoms with Gasteiger partial charge in [-0.25, -0.2) is 0 Å². The molecule has 2 aromatic carbocycles. The summed E-state index contributed by atoms with van der Waals surface area (Å²) in [6.07, 6.45) is 16.6. The predicted octanol–water partition coefficient (Wildman–Crippen LogP) is 8.47. The van der Waals surface area contributed by atoms with Gasteiger partial charge in [-0.05, 0) is 92.4 Å². The number of hydrogen-bond donors (Lipinski definition) is 0. The Morgan fingerprint density at radius 3 is 2.20 bits per heavy atom. The Hall–Kier alpha value is -2.12. The second-order valence-corrected chi connectivity index (χ2v) is 8.67. The Labute approximate surface area is 183 Å². The molecule has 1 nitrogen and oxygen atoms in total. The van der Waals surface area contributed by atoms with E-state index in [1.807, 2.05) is 6.08 Å². The molecule has 2 aromatic rings. The molecule has 1 saturated carbocycles. The maximum absolute atomic E-state index is 5.73. The first kappa shape index (κ1) is 22.6. The van der Waals surface area contributed by atoms with E-state index in [1.54, 1.807) is 0 Å². The molecule has 160 valence electrons. The largest absolute Gasteiger partial charge is 0.377 e. The molecule has 0 saturated heterocycles. The second kappa shape index (κ2) is 12.5. The zero-order valence-electron chi connectivity index (χ0n) is 18.7. The quantitative estimate of drug-likeness (QED) is 0.270. The van der Waals surface area contributed by atoms with Crippen LogP contribution in [-0.2, 0) is 11.3 Å². The fourth-order valence-electron chi connectivity index (χ4n) is 4.54. The number of unbranched alkanes of at least 4 members (excludes halogenated alkanes) is 1. The first-order chi connectivity index (χ1) is 14.8. The van der Waals surface area contributed by atoms with Crippen molar-refractivity contribution >= 4 is 0 Å². The van der Waals surface area contributed by atoms with Gasteiger partial charge in [-0.3, -0.25) is 0 Å². The van der Waals surface area contributed by atoms with Crippen LogP contribution in [0.4, 0.5) is 0 Å². The Balaban J connectivity index is 1.48. The second-order valence-electron chi connectivity index (χ2n) is 8.67. The number of hydrogen-bond acceptors (Lipinski definition) is 1. The zero-order valence-corrected chi connectivity index (χ0v) is 18.7. The highest BCUT2D eigenvalue weighted by atomic mass is 16.5. The summed E-state index contributed by atoms with van der Waals surface area (Å²) in [5.41, 5.74) is 5.34. The van der Waals surface area contributed by atoms with Crippen molar-refractivity contribution in [3.63, 3.8) is 0 Å². The lowest BCUT2D eigenvalue weighted by molar-refractivity contribution is 0.119. The third kappa shape index (κ3) is 6.99. The molecule has 0 N–H and O–H groups in total. The van der Waals surface area contributed by atoms with Gasteiger partial charge in [0.1, 0.15) is 0 Å². The first-order valence-corrected chi connectivity index (χ1v) is 11.8. The molecule has 1 heteroatoms. The average molecular weight is 403 g/mol. The number of ether oxygens (including phenoxy) is 1. The smallest absolute Gasteiger partial charge is 0.0716 e. The van der Waals surface area contributed by atoms with Gasteiger partial charge in [-0.2, -0.15) is 0 Å².